The summed E-state index contributed by atoms with van der Waals surface area (Å²) in [5, 5.41) is 46.5. The average molecular weight is 731 g/mol. The van der Waals surface area contributed by atoms with Crippen LogP contribution in [0.4, 0.5) is 0 Å². The van der Waals surface area contributed by atoms with Gasteiger partial charge in [-0.1, -0.05) is 26.8 Å². The van der Waals surface area contributed by atoms with Crippen LogP contribution >= 0.6 is 0 Å². The Morgan fingerprint density at radius 1 is 0.941 bits per heavy atom. The van der Waals surface area contributed by atoms with Crippen molar-refractivity contribution in [1.29, 1.82) is 0 Å². The van der Waals surface area contributed by atoms with Gasteiger partial charge in [0.15, 0.2) is 12.6 Å². The maximum absolute atomic E-state index is 14.2. The van der Waals surface area contributed by atoms with Gasteiger partial charge in [0.05, 0.1) is 47.6 Å². The zero-order chi connectivity index (χ0) is 38.8. The lowest BCUT2D eigenvalue weighted by atomic mass is 9.77. The Balaban J connectivity index is 2.14. The van der Waals surface area contributed by atoms with Crippen molar-refractivity contribution in [2.45, 2.75) is 173 Å². The highest BCUT2D eigenvalue weighted by Gasteiger charge is 2.51. The number of ether oxygens (including phenoxy) is 6. The number of hydrogen-bond acceptors (Lipinski definition) is 13. The molecule has 0 aromatic carbocycles. The first-order valence-electron chi connectivity index (χ1n) is 18.7. The van der Waals surface area contributed by atoms with E-state index in [1.54, 1.807) is 34.6 Å². The first-order chi connectivity index (χ1) is 23.5. The second-order valence-electron chi connectivity index (χ2n) is 16.6. The number of carbonyl (C=O) groups is 1. The molecule has 0 amide bonds. The predicted octanol–water partition coefficient (Wildman–Crippen LogP) is 2.71. The monoisotopic (exact) mass is 730 g/mol. The van der Waals surface area contributed by atoms with Crippen molar-refractivity contribution < 1.29 is 53.6 Å². The summed E-state index contributed by atoms with van der Waals surface area (Å²) in [7, 11) is 7.35. The lowest BCUT2D eigenvalue weighted by Gasteiger charge is -2.47. The summed E-state index contributed by atoms with van der Waals surface area (Å²) < 4.78 is 37.7. The smallest absolute Gasteiger partial charge is 0.311 e. The maximum atomic E-state index is 14.2. The van der Waals surface area contributed by atoms with Gasteiger partial charge in [-0.3, -0.25) is 4.79 Å². The van der Waals surface area contributed by atoms with E-state index in [0.717, 1.165) is 0 Å². The molecule has 3 heterocycles. The van der Waals surface area contributed by atoms with E-state index in [-0.39, 0.29) is 30.9 Å². The third-order valence-electron chi connectivity index (χ3n) is 11.8. The summed E-state index contributed by atoms with van der Waals surface area (Å²) in [6.45, 7) is 18.4. The largest absolute Gasteiger partial charge is 0.459 e. The summed E-state index contributed by atoms with van der Waals surface area (Å²) >= 11 is 0. The molecule has 3 aliphatic heterocycles. The van der Waals surface area contributed by atoms with Gasteiger partial charge in [-0.05, 0) is 94.4 Å². The number of likely N-dealkylation sites (N-methyl/N-ethyl adjacent to an activating group) is 2. The van der Waals surface area contributed by atoms with Crippen LogP contribution < -0.4 is 0 Å². The van der Waals surface area contributed by atoms with Crippen molar-refractivity contribution in [3.63, 3.8) is 0 Å². The average Bonchev–Trinajstić information content (AvgIpc) is 3.04. The second-order valence-corrected chi connectivity index (χ2v) is 16.6. The molecule has 0 aromatic heterocycles. The third kappa shape index (κ3) is 10.1. The highest BCUT2D eigenvalue weighted by molar-refractivity contribution is 5.73. The number of methoxy groups -OCH3 is 1. The molecule has 0 spiro atoms. The first kappa shape index (κ1) is 44.2. The molecular weight excluding hydrogens is 660 g/mol. The molecule has 4 N–H and O–H groups in total. The molecule has 0 bridgehead atoms. The topological polar surface area (TPSA) is 160 Å². The van der Waals surface area contributed by atoms with E-state index in [0.29, 0.717) is 13.0 Å². The molecule has 0 aromatic rings. The normalized spacial score (nSPS) is 48.6. The number of rotatable bonds is 7. The number of nitrogens with zero attached hydrogens (tertiary/aromatic N) is 2. The highest BCUT2D eigenvalue weighted by atomic mass is 16.7. The van der Waals surface area contributed by atoms with Gasteiger partial charge in [0.1, 0.15) is 23.9 Å². The molecule has 0 aliphatic carbocycles. The standard InChI is InChI=1S/C38H70N2O11/c1-15-28-38(10,45)32(41)24(5)40(13)20-21(2)18-36(8,44)34(51-29-17-16-27(39(11)12)25(6)47-29)22(3)31(23(4)35(43)49-28)50-30-19-37(9,46-14)33(42)26(7)48-30/h16-17,21-34,41-42,44-45H,15,18-20H2,1-14H3/t21-,22+,23-,24-,25-,26+,27+,28-,29+,30+,31+,32-,33+,34-,36-,37-,38-/m1/s1. The third-order valence-corrected chi connectivity index (χ3v) is 11.8. The molecular formula is C38H70N2O11. The number of aliphatic hydroxyl groups is 4. The summed E-state index contributed by atoms with van der Waals surface area (Å²) in [5.41, 5.74) is -4.22. The van der Waals surface area contributed by atoms with E-state index in [1.807, 2.05) is 65.9 Å². The number of hydrogen-bond donors (Lipinski definition) is 4. The van der Waals surface area contributed by atoms with Crippen molar-refractivity contribution in [1.82, 2.24) is 9.80 Å². The first-order valence-corrected chi connectivity index (χ1v) is 18.7. The fourth-order valence-electron chi connectivity index (χ4n) is 8.45. The Kier molecular flexibility index (Phi) is 15.1. The van der Waals surface area contributed by atoms with Crippen LogP contribution in [0.15, 0.2) is 12.2 Å². The Hall–Kier alpha value is -1.23. The summed E-state index contributed by atoms with van der Waals surface area (Å²) in [4.78, 5) is 18.2. The van der Waals surface area contributed by atoms with Gasteiger partial charge in [-0.15, -0.1) is 0 Å². The second kappa shape index (κ2) is 17.5. The molecule has 17 atom stereocenters. The number of esters is 1. The predicted molar refractivity (Wildman–Crippen MR) is 193 cm³/mol. The van der Waals surface area contributed by atoms with Crippen LogP contribution in [0, 0.1) is 17.8 Å². The van der Waals surface area contributed by atoms with Gasteiger partial charge in [0.2, 0.25) is 0 Å². The molecule has 13 heteroatoms. The Labute approximate surface area is 306 Å². The minimum atomic E-state index is -1.77. The van der Waals surface area contributed by atoms with Crippen molar-refractivity contribution in [3.8, 4) is 0 Å². The van der Waals surface area contributed by atoms with Crippen molar-refractivity contribution in [2.75, 3.05) is 34.8 Å². The van der Waals surface area contributed by atoms with Crippen LogP contribution in [-0.4, -0.2) is 155 Å². The number of aliphatic hydroxyl groups excluding tert-OH is 2. The molecule has 3 rings (SSSR count). The van der Waals surface area contributed by atoms with Gasteiger partial charge < -0.3 is 58.6 Å². The van der Waals surface area contributed by atoms with Gasteiger partial charge in [0.25, 0.3) is 0 Å². The fraction of sp³-hybridized carbons (Fsp3) is 0.921. The molecule has 2 saturated heterocycles. The van der Waals surface area contributed by atoms with Crippen molar-refractivity contribution >= 4 is 5.97 Å². The summed E-state index contributed by atoms with van der Waals surface area (Å²) in [6.07, 6.45) is -2.99. The minimum Gasteiger partial charge on any atom is -0.459 e. The molecule has 0 unspecified atom stereocenters. The molecule has 298 valence electrons. The molecule has 0 saturated carbocycles. The zero-order valence-corrected chi connectivity index (χ0v) is 33.6. The molecule has 2 fully saturated rings. The van der Waals surface area contributed by atoms with Gasteiger partial charge >= 0.3 is 5.97 Å². The van der Waals surface area contributed by atoms with Crippen LogP contribution in [0.25, 0.3) is 0 Å². The van der Waals surface area contributed by atoms with E-state index >= 15 is 0 Å². The maximum Gasteiger partial charge on any atom is 0.311 e. The van der Waals surface area contributed by atoms with E-state index in [9.17, 15) is 25.2 Å². The van der Waals surface area contributed by atoms with Gasteiger partial charge in [-0.2, -0.15) is 0 Å². The van der Waals surface area contributed by atoms with E-state index in [2.05, 4.69) is 4.90 Å². The van der Waals surface area contributed by atoms with Crippen molar-refractivity contribution in [3.05, 3.63) is 12.2 Å². The van der Waals surface area contributed by atoms with Gasteiger partial charge in [0, 0.05) is 32.0 Å². The Morgan fingerprint density at radius 3 is 2.12 bits per heavy atom. The quantitative estimate of drug-likeness (QED) is 0.224. The lowest BCUT2D eigenvalue weighted by molar-refractivity contribution is -0.304. The summed E-state index contributed by atoms with van der Waals surface area (Å²) in [6, 6.07) is -0.471. The molecule has 51 heavy (non-hydrogen) atoms. The van der Waals surface area contributed by atoms with Gasteiger partial charge in [-0.25, -0.2) is 0 Å². The molecule has 3 aliphatic rings. The Bertz CT molecular complexity index is 1150. The minimum absolute atomic E-state index is 0.0362. The van der Waals surface area contributed by atoms with Crippen LogP contribution in [0.3, 0.4) is 0 Å². The lowest BCUT2D eigenvalue weighted by Crippen LogP contribution is -2.59. The number of carbonyl (C=O) groups excluding carboxylic acids is 1. The zero-order valence-electron chi connectivity index (χ0n) is 33.6. The van der Waals surface area contributed by atoms with E-state index in [4.69, 9.17) is 28.4 Å². The van der Waals surface area contributed by atoms with Crippen LogP contribution in [0.5, 0.6) is 0 Å². The SMILES string of the molecule is CC[C@H]1OC(=O)[C@H](C)[C@@H](O[C@H]2C[C@@](C)(OC)[C@@H](O)[C@H](C)O2)[C@H](C)[C@@H](O[C@H]2C=C[C@H](N(C)C)[C@@H](C)O2)[C@](C)(O)C[C@@H](C)CN(C)[C@H](C)[C@@H](O)[C@]1(C)O. The summed E-state index contributed by atoms with van der Waals surface area (Å²) in [5.74, 6) is -2.34. The highest BCUT2D eigenvalue weighted by Crippen LogP contribution is 2.39. The Morgan fingerprint density at radius 2 is 1.57 bits per heavy atom. The van der Waals surface area contributed by atoms with E-state index in [1.165, 1.54) is 14.0 Å². The van der Waals surface area contributed by atoms with E-state index < -0.39 is 89.9 Å². The van der Waals surface area contributed by atoms with Crippen molar-refractivity contribution in [2.24, 2.45) is 17.8 Å². The molecule has 13 nitrogen and oxygen atoms in total. The van der Waals surface area contributed by atoms with Crippen LogP contribution in [-0.2, 0) is 33.2 Å². The fourth-order valence-corrected chi connectivity index (χ4v) is 8.45. The van der Waals surface area contributed by atoms with Crippen LogP contribution in [0.1, 0.15) is 88.5 Å². The molecule has 0 radical (unpaired) electrons. The van der Waals surface area contributed by atoms with Crippen LogP contribution in [0.2, 0.25) is 0 Å². The number of cyclic esters (lactones) is 1.